The van der Waals surface area contributed by atoms with Crippen molar-refractivity contribution in [1.29, 1.82) is 0 Å². The first-order valence-corrected chi connectivity index (χ1v) is 7.05. The number of aryl methyl sites for hydroxylation is 2. The Morgan fingerprint density at radius 1 is 1.42 bits per heavy atom. The second-order valence-electron chi connectivity index (χ2n) is 4.95. The molecule has 1 aromatic carbocycles. The number of terminal acetylenes is 1. The monoisotopic (exact) mass is 270 g/mol. The fourth-order valence-electron chi connectivity index (χ4n) is 2.37. The van der Waals surface area contributed by atoms with Crippen molar-refractivity contribution in [1.82, 2.24) is 4.98 Å². The quantitative estimate of drug-likeness (QED) is 0.746. The largest absolute Gasteiger partial charge is 0.287 e. The number of aromatic nitrogens is 1. The van der Waals surface area contributed by atoms with Crippen LogP contribution in [0, 0.1) is 32.1 Å². The maximum absolute atomic E-state index is 12.0. The second kappa shape index (κ2) is 4.36. The van der Waals surface area contributed by atoms with Gasteiger partial charge in [0.05, 0.1) is 10.2 Å². The summed E-state index contributed by atoms with van der Waals surface area (Å²) < 4.78 is 1.16. The molecule has 1 saturated heterocycles. The van der Waals surface area contributed by atoms with E-state index in [0.717, 1.165) is 20.9 Å². The van der Waals surface area contributed by atoms with E-state index in [1.54, 1.807) is 16.2 Å². The van der Waals surface area contributed by atoms with E-state index in [1.807, 2.05) is 6.92 Å². The van der Waals surface area contributed by atoms with Gasteiger partial charge in [0, 0.05) is 18.9 Å². The SMILES string of the molecule is C#CC1CC(=O)N(c2nc3c(C)ccc(C)c3s2)C1. The number of fused-ring (bicyclic) bond motifs is 1. The number of thiazole rings is 1. The molecule has 1 fully saturated rings. The van der Waals surface area contributed by atoms with Crippen molar-refractivity contribution in [2.45, 2.75) is 20.3 Å². The van der Waals surface area contributed by atoms with Crippen LogP contribution in [0.2, 0.25) is 0 Å². The lowest BCUT2D eigenvalue weighted by molar-refractivity contribution is -0.117. The molecule has 19 heavy (non-hydrogen) atoms. The van der Waals surface area contributed by atoms with Crippen LogP contribution in [0.5, 0.6) is 0 Å². The van der Waals surface area contributed by atoms with Crippen LogP contribution in [0.1, 0.15) is 17.5 Å². The van der Waals surface area contributed by atoms with Gasteiger partial charge in [-0.2, -0.15) is 0 Å². The van der Waals surface area contributed by atoms with Crippen LogP contribution in [0.25, 0.3) is 10.2 Å². The molecule has 1 unspecified atom stereocenters. The van der Waals surface area contributed by atoms with E-state index in [0.29, 0.717) is 13.0 Å². The van der Waals surface area contributed by atoms with Gasteiger partial charge in [-0.15, -0.1) is 12.3 Å². The van der Waals surface area contributed by atoms with Gasteiger partial charge in [-0.25, -0.2) is 4.98 Å². The first-order valence-electron chi connectivity index (χ1n) is 6.23. The average Bonchev–Trinajstić information content (AvgIpc) is 2.98. The number of nitrogens with zero attached hydrogens (tertiary/aromatic N) is 2. The third-order valence-electron chi connectivity index (χ3n) is 3.52. The molecule has 0 aliphatic carbocycles. The van der Waals surface area contributed by atoms with Gasteiger partial charge in [-0.1, -0.05) is 23.5 Å². The minimum atomic E-state index is 0.0155. The Hall–Kier alpha value is -1.86. The van der Waals surface area contributed by atoms with Crippen molar-refractivity contribution in [3.63, 3.8) is 0 Å². The highest BCUT2D eigenvalue weighted by Crippen LogP contribution is 2.35. The van der Waals surface area contributed by atoms with Crippen LogP contribution in [-0.2, 0) is 4.79 Å². The lowest BCUT2D eigenvalue weighted by Crippen LogP contribution is -2.24. The number of rotatable bonds is 1. The normalized spacial score (nSPS) is 19.1. The Kier molecular flexibility index (Phi) is 2.79. The van der Waals surface area contributed by atoms with Gasteiger partial charge < -0.3 is 0 Å². The topological polar surface area (TPSA) is 33.2 Å². The zero-order chi connectivity index (χ0) is 13.6. The van der Waals surface area contributed by atoms with Crippen LogP contribution >= 0.6 is 11.3 Å². The zero-order valence-corrected chi connectivity index (χ0v) is 11.8. The first kappa shape index (κ1) is 12.2. The van der Waals surface area contributed by atoms with Crippen LogP contribution in [0.15, 0.2) is 12.1 Å². The van der Waals surface area contributed by atoms with Gasteiger partial charge in [0.2, 0.25) is 5.91 Å². The third-order valence-corrected chi connectivity index (χ3v) is 4.74. The first-order chi connectivity index (χ1) is 9.10. The molecule has 1 aliphatic rings. The van der Waals surface area contributed by atoms with Crippen molar-refractivity contribution in [2.24, 2.45) is 5.92 Å². The molecular weight excluding hydrogens is 256 g/mol. The van der Waals surface area contributed by atoms with Crippen LogP contribution in [0.4, 0.5) is 5.13 Å². The summed E-state index contributed by atoms with van der Waals surface area (Å²) in [4.78, 5) is 18.3. The van der Waals surface area contributed by atoms with Gasteiger partial charge in [-0.05, 0) is 25.0 Å². The summed E-state index contributed by atoms with van der Waals surface area (Å²) in [5, 5.41) is 0.773. The molecule has 0 bridgehead atoms. The van der Waals surface area contributed by atoms with Crippen molar-refractivity contribution in [2.75, 3.05) is 11.4 Å². The predicted octanol–water partition coefficient (Wildman–Crippen LogP) is 2.90. The molecule has 0 N–H and O–H groups in total. The van der Waals surface area contributed by atoms with E-state index in [-0.39, 0.29) is 11.8 Å². The van der Waals surface area contributed by atoms with E-state index in [4.69, 9.17) is 6.42 Å². The number of carbonyl (C=O) groups excluding carboxylic acids is 1. The van der Waals surface area contributed by atoms with E-state index in [1.165, 1.54) is 5.56 Å². The minimum absolute atomic E-state index is 0.0155. The van der Waals surface area contributed by atoms with Crippen molar-refractivity contribution >= 4 is 32.6 Å². The van der Waals surface area contributed by atoms with Gasteiger partial charge in [0.1, 0.15) is 0 Å². The number of hydrogen-bond acceptors (Lipinski definition) is 3. The Morgan fingerprint density at radius 3 is 2.79 bits per heavy atom. The van der Waals surface area contributed by atoms with Crippen LogP contribution in [-0.4, -0.2) is 17.4 Å². The molecule has 1 amide bonds. The Labute approximate surface area is 116 Å². The number of anilines is 1. The van der Waals surface area contributed by atoms with E-state index >= 15 is 0 Å². The van der Waals surface area contributed by atoms with Gasteiger partial charge in [0.15, 0.2) is 5.13 Å². The molecule has 2 aromatic rings. The van der Waals surface area contributed by atoms with Gasteiger partial charge in [0.25, 0.3) is 0 Å². The zero-order valence-electron chi connectivity index (χ0n) is 10.9. The lowest BCUT2D eigenvalue weighted by Gasteiger charge is -2.10. The number of carbonyl (C=O) groups is 1. The molecule has 1 atom stereocenters. The number of hydrogen-bond donors (Lipinski definition) is 0. The molecule has 3 nitrogen and oxygen atoms in total. The highest BCUT2D eigenvalue weighted by Gasteiger charge is 2.31. The maximum Gasteiger partial charge on any atom is 0.230 e. The summed E-state index contributed by atoms with van der Waals surface area (Å²) in [5.41, 5.74) is 3.34. The third kappa shape index (κ3) is 1.91. The molecule has 0 saturated carbocycles. The number of benzene rings is 1. The molecule has 96 valence electrons. The Bertz CT molecular complexity index is 672. The van der Waals surface area contributed by atoms with E-state index in [9.17, 15) is 4.79 Å². The fraction of sp³-hybridized carbons (Fsp3) is 0.333. The van der Waals surface area contributed by atoms with Crippen LogP contribution < -0.4 is 4.90 Å². The Morgan fingerprint density at radius 2 is 2.16 bits per heavy atom. The summed E-state index contributed by atoms with van der Waals surface area (Å²) in [6.07, 6.45) is 5.85. The smallest absolute Gasteiger partial charge is 0.230 e. The summed E-state index contributed by atoms with van der Waals surface area (Å²) in [6, 6.07) is 4.16. The molecular formula is C15H14N2OS. The molecule has 2 heterocycles. The standard InChI is InChI=1S/C15H14N2OS/c1-4-11-7-12(18)17(8-11)15-16-13-9(2)5-6-10(3)14(13)19-15/h1,5-6,11H,7-8H2,2-3H3. The van der Waals surface area contributed by atoms with Crippen LogP contribution in [0.3, 0.4) is 0 Å². The van der Waals surface area contributed by atoms with E-state index in [2.05, 4.69) is 30.0 Å². The van der Waals surface area contributed by atoms with Gasteiger partial charge >= 0.3 is 0 Å². The molecule has 0 radical (unpaired) electrons. The van der Waals surface area contributed by atoms with Crippen molar-refractivity contribution < 1.29 is 4.79 Å². The Balaban J connectivity index is 2.08. The summed E-state index contributed by atoms with van der Waals surface area (Å²) in [7, 11) is 0. The van der Waals surface area contributed by atoms with Gasteiger partial charge in [-0.3, -0.25) is 9.69 Å². The molecule has 0 spiro atoms. The van der Waals surface area contributed by atoms with E-state index < -0.39 is 0 Å². The lowest BCUT2D eigenvalue weighted by atomic mass is 10.1. The average molecular weight is 270 g/mol. The van der Waals surface area contributed by atoms with Crippen molar-refractivity contribution in [3.05, 3.63) is 23.3 Å². The molecule has 3 rings (SSSR count). The highest BCUT2D eigenvalue weighted by molar-refractivity contribution is 7.22. The minimum Gasteiger partial charge on any atom is -0.287 e. The predicted molar refractivity (Wildman–Crippen MR) is 78.4 cm³/mol. The maximum atomic E-state index is 12.0. The fourth-order valence-corrected chi connectivity index (χ4v) is 3.51. The summed E-state index contributed by atoms with van der Waals surface area (Å²) in [5.74, 6) is 2.76. The molecule has 4 heteroatoms. The molecule has 1 aromatic heterocycles. The second-order valence-corrected chi connectivity index (χ2v) is 5.92. The highest BCUT2D eigenvalue weighted by atomic mass is 32.1. The summed E-state index contributed by atoms with van der Waals surface area (Å²) in [6.45, 7) is 4.70. The number of amides is 1. The van der Waals surface area contributed by atoms with Crippen molar-refractivity contribution in [3.8, 4) is 12.3 Å². The summed E-state index contributed by atoms with van der Waals surface area (Å²) >= 11 is 1.58. The molecule has 1 aliphatic heterocycles.